The van der Waals surface area contributed by atoms with Crippen LogP contribution in [-0.4, -0.2) is 74.4 Å². The first-order valence-electron chi connectivity index (χ1n) is 13.0. The SMILES string of the molecule is CCOC(=O)[C@](C)(O)C(=O)N[C@@H](Cc1ccccc1)C(=O)N1CCC[C@H]1C(=O)Oc1c(C)cc([N+](=O)[O-])cc1[N+](=O)[O-]. The van der Waals surface area contributed by atoms with Gasteiger partial charge in [-0.1, -0.05) is 30.3 Å². The molecule has 42 heavy (non-hydrogen) atoms. The molecule has 2 amide bonds. The van der Waals surface area contributed by atoms with Crippen LogP contribution in [0.3, 0.4) is 0 Å². The third-order valence-electron chi connectivity index (χ3n) is 6.66. The van der Waals surface area contributed by atoms with Crippen LogP contribution in [0.25, 0.3) is 0 Å². The predicted molar refractivity (Wildman–Crippen MR) is 144 cm³/mol. The Bertz CT molecular complexity index is 1390. The summed E-state index contributed by atoms with van der Waals surface area (Å²) in [5.74, 6) is -4.62. The first kappa shape index (κ1) is 31.6. The van der Waals surface area contributed by atoms with Crippen LogP contribution in [-0.2, 0) is 30.3 Å². The largest absolute Gasteiger partial charge is 0.463 e. The maximum absolute atomic E-state index is 13.8. The summed E-state index contributed by atoms with van der Waals surface area (Å²) in [6.07, 6.45) is 0.436. The zero-order valence-electron chi connectivity index (χ0n) is 23.1. The highest BCUT2D eigenvalue weighted by Crippen LogP contribution is 2.36. The van der Waals surface area contributed by atoms with Gasteiger partial charge in [-0.05, 0) is 39.2 Å². The van der Waals surface area contributed by atoms with Crippen molar-refractivity contribution in [3.8, 4) is 5.75 Å². The van der Waals surface area contributed by atoms with E-state index in [0.29, 0.717) is 18.1 Å². The highest BCUT2D eigenvalue weighted by atomic mass is 16.6. The van der Waals surface area contributed by atoms with E-state index in [1.165, 1.54) is 13.8 Å². The molecular weight excluding hydrogens is 556 g/mol. The number of esters is 2. The van der Waals surface area contributed by atoms with E-state index < -0.39 is 68.4 Å². The molecular formula is C27H30N4O11. The zero-order valence-corrected chi connectivity index (χ0v) is 23.1. The fraction of sp³-hybridized carbons (Fsp3) is 0.407. The first-order chi connectivity index (χ1) is 19.8. The minimum Gasteiger partial charge on any atom is -0.463 e. The Morgan fingerprint density at radius 2 is 1.81 bits per heavy atom. The van der Waals surface area contributed by atoms with E-state index in [0.717, 1.165) is 17.9 Å². The third-order valence-corrected chi connectivity index (χ3v) is 6.66. The van der Waals surface area contributed by atoms with Gasteiger partial charge in [-0.25, -0.2) is 9.59 Å². The second kappa shape index (κ2) is 13.2. The number of ether oxygens (including phenoxy) is 2. The van der Waals surface area contributed by atoms with Crippen molar-refractivity contribution < 1.29 is 43.6 Å². The molecule has 1 heterocycles. The zero-order chi connectivity index (χ0) is 31.2. The lowest BCUT2D eigenvalue weighted by Crippen LogP contribution is -2.59. The lowest BCUT2D eigenvalue weighted by atomic mass is 10.0. The molecule has 1 fully saturated rings. The number of benzene rings is 2. The van der Waals surface area contributed by atoms with Gasteiger partial charge < -0.3 is 24.8 Å². The van der Waals surface area contributed by atoms with Crippen LogP contribution in [0.15, 0.2) is 42.5 Å². The number of hydrogen-bond donors (Lipinski definition) is 2. The monoisotopic (exact) mass is 586 g/mol. The molecule has 15 nitrogen and oxygen atoms in total. The van der Waals surface area contributed by atoms with Gasteiger partial charge >= 0.3 is 17.6 Å². The fourth-order valence-electron chi connectivity index (χ4n) is 4.47. The molecule has 15 heteroatoms. The van der Waals surface area contributed by atoms with Gasteiger partial charge in [0.1, 0.15) is 12.1 Å². The van der Waals surface area contributed by atoms with Gasteiger partial charge in [-0.15, -0.1) is 0 Å². The third kappa shape index (κ3) is 7.04. The summed E-state index contributed by atoms with van der Waals surface area (Å²) in [5, 5.41) is 35.7. The second-order valence-electron chi connectivity index (χ2n) is 9.74. The van der Waals surface area contributed by atoms with E-state index in [-0.39, 0.29) is 31.6 Å². The number of aryl methyl sites for hydroxylation is 1. The lowest BCUT2D eigenvalue weighted by Gasteiger charge is -2.30. The van der Waals surface area contributed by atoms with E-state index in [1.54, 1.807) is 30.3 Å². The maximum Gasteiger partial charge on any atom is 0.347 e. The Labute approximate surface area is 239 Å². The molecule has 0 radical (unpaired) electrons. The van der Waals surface area contributed by atoms with Crippen molar-refractivity contribution in [1.29, 1.82) is 0 Å². The fourth-order valence-corrected chi connectivity index (χ4v) is 4.47. The summed E-state index contributed by atoms with van der Waals surface area (Å²) < 4.78 is 10.1. The molecule has 224 valence electrons. The number of hydrogen-bond acceptors (Lipinski definition) is 11. The van der Waals surface area contributed by atoms with Crippen LogP contribution in [0.2, 0.25) is 0 Å². The molecule has 0 bridgehead atoms. The Morgan fingerprint density at radius 3 is 2.40 bits per heavy atom. The number of amides is 2. The number of nitrogens with zero attached hydrogens (tertiary/aromatic N) is 3. The van der Waals surface area contributed by atoms with Gasteiger partial charge in [0.2, 0.25) is 17.3 Å². The van der Waals surface area contributed by atoms with Gasteiger partial charge in [0, 0.05) is 24.6 Å². The molecule has 2 aromatic rings. The Morgan fingerprint density at radius 1 is 1.14 bits per heavy atom. The Balaban J connectivity index is 1.89. The number of nitrogens with one attached hydrogen (secondary N) is 1. The molecule has 3 rings (SSSR count). The number of aliphatic hydroxyl groups is 1. The summed E-state index contributed by atoms with van der Waals surface area (Å²) in [5.41, 5.74) is -3.37. The number of carbonyl (C=O) groups excluding carboxylic acids is 4. The van der Waals surface area contributed by atoms with Gasteiger partial charge in [-0.3, -0.25) is 29.8 Å². The molecule has 1 saturated heterocycles. The van der Waals surface area contributed by atoms with E-state index >= 15 is 0 Å². The van der Waals surface area contributed by atoms with Gasteiger partial charge in [0.15, 0.2) is 0 Å². The molecule has 2 N–H and O–H groups in total. The summed E-state index contributed by atoms with van der Waals surface area (Å²) in [6.45, 7) is 3.71. The lowest BCUT2D eigenvalue weighted by molar-refractivity contribution is -0.394. The highest BCUT2D eigenvalue weighted by Gasteiger charge is 2.44. The van der Waals surface area contributed by atoms with Crippen molar-refractivity contribution in [2.75, 3.05) is 13.2 Å². The van der Waals surface area contributed by atoms with Crippen molar-refractivity contribution >= 4 is 35.1 Å². The number of likely N-dealkylation sites (tertiary alicyclic amines) is 1. The van der Waals surface area contributed by atoms with E-state index in [4.69, 9.17) is 9.47 Å². The van der Waals surface area contributed by atoms with E-state index in [2.05, 4.69) is 5.32 Å². The van der Waals surface area contributed by atoms with E-state index in [9.17, 15) is 44.5 Å². The molecule has 0 aliphatic carbocycles. The number of rotatable bonds is 11. The van der Waals surface area contributed by atoms with Crippen molar-refractivity contribution in [3.63, 3.8) is 0 Å². The molecule has 0 aromatic heterocycles. The topological polar surface area (TPSA) is 209 Å². The van der Waals surface area contributed by atoms with Crippen molar-refractivity contribution in [2.45, 2.75) is 57.7 Å². The molecule has 1 aliphatic heterocycles. The number of carbonyl (C=O) groups is 4. The van der Waals surface area contributed by atoms with Crippen LogP contribution >= 0.6 is 0 Å². The van der Waals surface area contributed by atoms with Crippen LogP contribution in [0.1, 0.15) is 37.8 Å². The number of nitro groups is 2. The minimum absolute atomic E-state index is 0.0319. The highest BCUT2D eigenvalue weighted by molar-refractivity contribution is 6.06. The summed E-state index contributed by atoms with van der Waals surface area (Å²) in [6, 6.07) is 7.73. The van der Waals surface area contributed by atoms with Crippen LogP contribution in [0.5, 0.6) is 5.75 Å². The van der Waals surface area contributed by atoms with E-state index in [1.807, 2.05) is 0 Å². The van der Waals surface area contributed by atoms with Gasteiger partial charge in [0.25, 0.3) is 11.6 Å². The number of non-ortho nitro benzene ring substituents is 1. The van der Waals surface area contributed by atoms with Crippen molar-refractivity contribution in [2.24, 2.45) is 0 Å². The molecule has 2 aromatic carbocycles. The van der Waals surface area contributed by atoms with Crippen LogP contribution in [0.4, 0.5) is 11.4 Å². The summed E-state index contributed by atoms with van der Waals surface area (Å²) in [4.78, 5) is 74.3. The van der Waals surface area contributed by atoms with Crippen LogP contribution in [0, 0.1) is 27.2 Å². The second-order valence-corrected chi connectivity index (χ2v) is 9.74. The first-order valence-corrected chi connectivity index (χ1v) is 13.0. The Kier molecular flexibility index (Phi) is 9.90. The average molecular weight is 587 g/mol. The van der Waals surface area contributed by atoms with Gasteiger partial charge in [-0.2, -0.15) is 0 Å². The van der Waals surface area contributed by atoms with Gasteiger partial charge in [0.05, 0.1) is 22.5 Å². The minimum atomic E-state index is -2.61. The normalized spacial score (nSPS) is 16.6. The molecule has 0 saturated carbocycles. The maximum atomic E-state index is 13.8. The quantitative estimate of drug-likeness (QED) is 0.127. The molecule has 0 spiro atoms. The Hall–Kier alpha value is -4.92. The standard InChI is InChI=1S/C27H30N4O11/c1-4-41-26(35)27(3,36)25(34)28-19(14-17-9-6-5-7-10-17)23(32)29-12-8-11-20(29)24(33)42-22-16(2)13-18(30(37)38)15-21(22)31(39)40/h5-7,9-10,13,15,19-20,36H,4,8,11-12,14H2,1-3H3,(H,28,34)/t19-,20-,27+/m0/s1. The van der Waals surface area contributed by atoms with Crippen LogP contribution < -0.4 is 10.1 Å². The molecule has 3 atom stereocenters. The molecule has 1 aliphatic rings. The smallest absolute Gasteiger partial charge is 0.347 e. The average Bonchev–Trinajstić information content (AvgIpc) is 3.43. The number of nitro benzene ring substituents is 2. The molecule has 0 unspecified atom stereocenters. The van der Waals surface area contributed by atoms with Crippen molar-refractivity contribution in [1.82, 2.24) is 10.2 Å². The summed E-state index contributed by atoms with van der Waals surface area (Å²) >= 11 is 0. The van der Waals surface area contributed by atoms with Crippen molar-refractivity contribution in [3.05, 3.63) is 73.8 Å². The predicted octanol–water partition coefficient (Wildman–Crippen LogP) is 1.75. The summed E-state index contributed by atoms with van der Waals surface area (Å²) in [7, 11) is 0.